The van der Waals surface area contributed by atoms with Gasteiger partial charge in [0.15, 0.2) is 11.5 Å². The van der Waals surface area contributed by atoms with E-state index in [1.807, 2.05) is 18.2 Å². The molecule has 1 aliphatic carbocycles. The van der Waals surface area contributed by atoms with Crippen molar-refractivity contribution in [1.82, 2.24) is 0 Å². The molecule has 0 spiro atoms. The molecule has 37 heavy (non-hydrogen) atoms. The molecule has 1 aromatic heterocycles. The van der Waals surface area contributed by atoms with Gasteiger partial charge in [0.05, 0.1) is 28.8 Å². The number of methoxy groups -OCH3 is 1. The maximum atomic E-state index is 13.0. The zero-order valence-corrected chi connectivity index (χ0v) is 22.3. The topological polar surface area (TPSA) is 119 Å². The summed E-state index contributed by atoms with van der Waals surface area (Å²) in [7, 11) is 1.49. The third-order valence-electron chi connectivity index (χ3n) is 5.95. The number of aryl methyl sites for hydroxylation is 1. The molecular weight excluding hydrogens is 552 g/mol. The highest BCUT2D eigenvalue weighted by molar-refractivity contribution is 9.10. The maximum absolute atomic E-state index is 13.0. The number of nitrogens with zero attached hydrogens (tertiary/aromatic N) is 3. The molecule has 0 saturated carbocycles. The number of benzene rings is 2. The average molecular weight is 573 g/mol. The van der Waals surface area contributed by atoms with Gasteiger partial charge in [0.25, 0.3) is 5.91 Å². The Hall–Kier alpha value is -4.10. The predicted octanol–water partition coefficient (Wildman–Crippen LogP) is 6.27. The van der Waals surface area contributed by atoms with Crippen LogP contribution in [0.4, 0.5) is 5.00 Å². The molecule has 9 heteroatoms. The molecule has 0 bridgehead atoms. The van der Waals surface area contributed by atoms with Crippen LogP contribution in [0.2, 0.25) is 0 Å². The van der Waals surface area contributed by atoms with Gasteiger partial charge < -0.3 is 14.8 Å². The van der Waals surface area contributed by atoms with E-state index in [4.69, 9.17) is 9.47 Å². The highest BCUT2D eigenvalue weighted by atomic mass is 79.9. The van der Waals surface area contributed by atoms with Gasteiger partial charge in [-0.25, -0.2) is 0 Å². The molecule has 0 saturated heterocycles. The second-order valence-electron chi connectivity index (χ2n) is 8.24. The predicted molar refractivity (Wildman–Crippen MR) is 144 cm³/mol. The van der Waals surface area contributed by atoms with E-state index in [1.165, 1.54) is 24.5 Å². The largest absolute Gasteiger partial charge is 0.493 e. The summed E-state index contributed by atoms with van der Waals surface area (Å²) in [6.07, 6.45) is 5.27. The molecule has 1 aliphatic rings. The number of anilines is 1. The number of ether oxygens (including phenoxy) is 2. The minimum atomic E-state index is -0.582. The van der Waals surface area contributed by atoms with Crippen LogP contribution < -0.4 is 14.8 Å². The minimum absolute atomic E-state index is 0.110. The first-order chi connectivity index (χ1) is 18.0. The van der Waals surface area contributed by atoms with E-state index in [2.05, 4.69) is 33.4 Å². The van der Waals surface area contributed by atoms with Crippen molar-refractivity contribution in [1.29, 1.82) is 15.8 Å². The van der Waals surface area contributed by atoms with Crippen molar-refractivity contribution in [3.63, 3.8) is 0 Å². The first kappa shape index (κ1) is 26.0. The van der Waals surface area contributed by atoms with Gasteiger partial charge in [-0.3, -0.25) is 4.79 Å². The lowest BCUT2D eigenvalue weighted by Gasteiger charge is -2.14. The van der Waals surface area contributed by atoms with E-state index < -0.39 is 5.91 Å². The number of carbonyl (C=O) groups excluding carboxylic acids is 1. The van der Waals surface area contributed by atoms with E-state index in [1.54, 1.807) is 24.3 Å². The fraction of sp³-hybridized carbons (Fsp3) is 0.214. The first-order valence-corrected chi connectivity index (χ1v) is 13.1. The number of hydrogen-bond acceptors (Lipinski definition) is 7. The van der Waals surface area contributed by atoms with Crippen molar-refractivity contribution in [3.8, 4) is 29.7 Å². The Morgan fingerprint density at radius 2 is 1.95 bits per heavy atom. The van der Waals surface area contributed by atoms with Gasteiger partial charge in [-0.05, 0) is 77.0 Å². The molecule has 1 N–H and O–H groups in total. The Labute approximate surface area is 227 Å². The van der Waals surface area contributed by atoms with Crippen LogP contribution in [0, 0.1) is 34.0 Å². The number of rotatable bonds is 7. The van der Waals surface area contributed by atoms with Crippen LogP contribution in [0.25, 0.3) is 6.08 Å². The summed E-state index contributed by atoms with van der Waals surface area (Å²) >= 11 is 4.90. The van der Waals surface area contributed by atoms with Crippen LogP contribution in [-0.4, -0.2) is 13.0 Å². The lowest BCUT2D eigenvalue weighted by molar-refractivity contribution is -0.112. The Morgan fingerprint density at radius 1 is 1.16 bits per heavy atom. The van der Waals surface area contributed by atoms with Gasteiger partial charge in [0.1, 0.15) is 29.3 Å². The molecule has 7 nitrogen and oxygen atoms in total. The van der Waals surface area contributed by atoms with E-state index in [9.17, 15) is 20.6 Å². The van der Waals surface area contributed by atoms with Crippen molar-refractivity contribution in [2.75, 3.05) is 12.4 Å². The van der Waals surface area contributed by atoms with E-state index in [0.29, 0.717) is 37.7 Å². The molecular formula is C28H21BrN4O3S. The Balaban J connectivity index is 1.57. The molecule has 0 aliphatic heterocycles. The normalized spacial score (nSPS) is 12.5. The number of carbonyl (C=O) groups is 1. The average Bonchev–Trinajstić information content (AvgIpc) is 3.27. The summed E-state index contributed by atoms with van der Waals surface area (Å²) in [6, 6.07) is 16.8. The van der Waals surface area contributed by atoms with Gasteiger partial charge in [-0.1, -0.05) is 18.2 Å². The zero-order chi connectivity index (χ0) is 26.4. The Kier molecular flexibility index (Phi) is 8.25. The molecule has 2 aromatic carbocycles. The van der Waals surface area contributed by atoms with Crippen LogP contribution in [0.5, 0.6) is 11.5 Å². The van der Waals surface area contributed by atoms with Gasteiger partial charge in [-0.2, -0.15) is 15.8 Å². The van der Waals surface area contributed by atoms with Crippen LogP contribution >= 0.6 is 27.3 Å². The molecule has 1 amide bonds. The third kappa shape index (κ3) is 5.67. The van der Waals surface area contributed by atoms with Crippen LogP contribution in [0.1, 0.15) is 45.5 Å². The molecule has 4 rings (SSSR count). The number of thiophene rings is 1. The van der Waals surface area contributed by atoms with Gasteiger partial charge >= 0.3 is 0 Å². The number of hydrogen-bond donors (Lipinski definition) is 1. The lowest BCUT2D eigenvalue weighted by atomic mass is 9.96. The Bertz CT molecular complexity index is 1520. The van der Waals surface area contributed by atoms with E-state index in [0.717, 1.165) is 41.7 Å². The number of fused-ring (bicyclic) bond motifs is 1. The maximum Gasteiger partial charge on any atom is 0.266 e. The number of nitrogens with one attached hydrogen (secondary N) is 1. The molecule has 0 atom stereocenters. The minimum Gasteiger partial charge on any atom is -0.493 e. The summed E-state index contributed by atoms with van der Waals surface area (Å²) in [5, 5.41) is 31.9. The summed E-state index contributed by atoms with van der Waals surface area (Å²) in [6.45, 7) is 0.158. The van der Waals surface area contributed by atoms with Gasteiger partial charge in [0.2, 0.25) is 0 Å². The molecule has 1 heterocycles. The standard InChI is InChI=1S/C28H21BrN4O3S/c1-35-24-12-17(11-23(29)26(24)36-16-19-7-3-2-6-18(19)13-30)10-20(14-31)27(34)33-28-22(15-32)21-8-4-5-9-25(21)37-28/h2-3,6-7,10-12H,4-5,8-9,16H2,1H3,(H,33,34)/b20-10+. The van der Waals surface area contributed by atoms with Crippen LogP contribution in [-0.2, 0) is 24.2 Å². The Morgan fingerprint density at radius 3 is 2.68 bits per heavy atom. The van der Waals surface area contributed by atoms with Crippen molar-refractivity contribution in [2.45, 2.75) is 32.3 Å². The first-order valence-electron chi connectivity index (χ1n) is 11.4. The SMILES string of the molecule is COc1cc(/C=C(\C#N)C(=O)Nc2sc3c(c2C#N)CCCC3)cc(Br)c1OCc1ccccc1C#N. The molecule has 184 valence electrons. The smallest absolute Gasteiger partial charge is 0.266 e. The molecule has 0 fully saturated rings. The summed E-state index contributed by atoms with van der Waals surface area (Å²) < 4.78 is 12.0. The van der Waals surface area contributed by atoms with Crippen molar-refractivity contribution in [2.24, 2.45) is 0 Å². The number of nitriles is 3. The molecule has 3 aromatic rings. The van der Waals surface area contributed by atoms with Crippen molar-refractivity contribution < 1.29 is 14.3 Å². The second kappa shape index (κ2) is 11.8. The summed E-state index contributed by atoms with van der Waals surface area (Å²) in [5.41, 5.74) is 3.20. The number of amides is 1. The fourth-order valence-electron chi connectivity index (χ4n) is 4.13. The van der Waals surface area contributed by atoms with Gasteiger partial charge in [0, 0.05) is 10.4 Å². The van der Waals surface area contributed by atoms with Crippen molar-refractivity contribution in [3.05, 3.63) is 79.1 Å². The zero-order valence-electron chi connectivity index (χ0n) is 19.9. The van der Waals surface area contributed by atoms with Crippen LogP contribution in [0.15, 0.2) is 46.4 Å². The van der Waals surface area contributed by atoms with Gasteiger partial charge in [-0.15, -0.1) is 11.3 Å². The van der Waals surface area contributed by atoms with Crippen LogP contribution in [0.3, 0.4) is 0 Å². The summed E-state index contributed by atoms with van der Waals surface area (Å²) in [5.74, 6) is 0.241. The highest BCUT2D eigenvalue weighted by Gasteiger charge is 2.23. The summed E-state index contributed by atoms with van der Waals surface area (Å²) in [4.78, 5) is 14.1. The monoisotopic (exact) mass is 572 g/mol. The van der Waals surface area contributed by atoms with E-state index in [-0.39, 0.29) is 12.2 Å². The quantitative estimate of drug-likeness (QED) is 0.263. The fourth-order valence-corrected chi connectivity index (χ4v) is 5.94. The molecule has 0 unspecified atom stereocenters. The number of halogens is 1. The second-order valence-corrected chi connectivity index (χ2v) is 10.2. The van der Waals surface area contributed by atoms with Crippen molar-refractivity contribution >= 4 is 44.3 Å². The molecule has 0 radical (unpaired) electrons. The van der Waals surface area contributed by atoms with E-state index >= 15 is 0 Å². The highest BCUT2D eigenvalue weighted by Crippen LogP contribution is 2.39. The third-order valence-corrected chi connectivity index (χ3v) is 7.74. The lowest BCUT2D eigenvalue weighted by Crippen LogP contribution is -2.13.